The maximum Gasteiger partial charge on any atom is 0.269 e. The van der Waals surface area contributed by atoms with Gasteiger partial charge in [0.1, 0.15) is 5.75 Å². The third-order valence-corrected chi connectivity index (χ3v) is 6.98. The molecule has 9 heteroatoms. The third-order valence-electron chi connectivity index (χ3n) is 6.75. The summed E-state index contributed by atoms with van der Waals surface area (Å²) in [6.07, 6.45) is 1.37. The SMILES string of the molecule is COc1ccc(Cl)cc1N1CCN2c3ccc([N+](=O)[O-])cc3CC(C(=O)NCCC(C)C)C2C1. The van der Waals surface area contributed by atoms with Crippen molar-refractivity contribution in [2.45, 2.75) is 32.7 Å². The largest absolute Gasteiger partial charge is 0.495 e. The number of carbonyl (C=O) groups is 1. The Morgan fingerprint density at radius 3 is 2.74 bits per heavy atom. The van der Waals surface area contributed by atoms with Crippen LogP contribution in [0.15, 0.2) is 36.4 Å². The van der Waals surface area contributed by atoms with Gasteiger partial charge >= 0.3 is 0 Å². The van der Waals surface area contributed by atoms with Gasteiger partial charge in [0, 0.05) is 49.0 Å². The fourth-order valence-electron chi connectivity index (χ4n) is 4.97. The summed E-state index contributed by atoms with van der Waals surface area (Å²) >= 11 is 6.29. The zero-order valence-corrected chi connectivity index (χ0v) is 20.5. The van der Waals surface area contributed by atoms with E-state index in [2.05, 4.69) is 29.0 Å². The van der Waals surface area contributed by atoms with Crippen LogP contribution in [-0.2, 0) is 11.2 Å². The van der Waals surface area contributed by atoms with E-state index in [0.717, 1.165) is 29.1 Å². The Labute approximate surface area is 205 Å². The molecule has 2 heterocycles. The summed E-state index contributed by atoms with van der Waals surface area (Å²) < 4.78 is 5.57. The number of non-ortho nitro benzene ring substituents is 1. The highest BCUT2D eigenvalue weighted by atomic mass is 35.5. The van der Waals surface area contributed by atoms with Crippen molar-refractivity contribution in [2.75, 3.05) is 43.1 Å². The highest BCUT2D eigenvalue weighted by Gasteiger charge is 2.42. The van der Waals surface area contributed by atoms with E-state index in [-0.39, 0.29) is 28.5 Å². The molecule has 1 saturated heterocycles. The van der Waals surface area contributed by atoms with Crippen molar-refractivity contribution in [3.63, 3.8) is 0 Å². The van der Waals surface area contributed by atoms with Gasteiger partial charge in [0.2, 0.25) is 5.91 Å². The van der Waals surface area contributed by atoms with Crippen LogP contribution in [0.2, 0.25) is 5.02 Å². The summed E-state index contributed by atoms with van der Waals surface area (Å²) in [4.78, 5) is 28.8. The zero-order valence-electron chi connectivity index (χ0n) is 19.8. The number of hydrogen-bond acceptors (Lipinski definition) is 6. The van der Waals surface area contributed by atoms with Crippen LogP contribution in [0.25, 0.3) is 0 Å². The molecule has 1 amide bonds. The van der Waals surface area contributed by atoms with Gasteiger partial charge in [0.15, 0.2) is 0 Å². The lowest BCUT2D eigenvalue weighted by molar-refractivity contribution is -0.384. The minimum atomic E-state index is -0.382. The van der Waals surface area contributed by atoms with Crippen molar-refractivity contribution in [3.05, 3.63) is 57.1 Å². The predicted molar refractivity (Wildman–Crippen MR) is 134 cm³/mol. The van der Waals surface area contributed by atoms with E-state index in [9.17, 15) is 14.9 Å². The van der Waals surface area contributed by atoms with Crippen LogP contribution in [0.5, 0.6) is 5.75 Å². The van der Waals surface area contributed by atoms with Gasteiger partial charge in [-0.2, -0.15) is 0 Å². The second-order valence-corrected chi connectivity index (χ2v) is 9.81. The summed E-state index contributed by atoms with van der Waals surface area (Å²) in [7, 11) is 1.64. The number of benzene rings is 2. The van der Waals surface area contributed by atoms with Crippen molar-refractivity contribution in [2.24, 2.45) is 11.8 Å². The number of fused-ring (bicyclic) bond motifs is 3. The lowest BCUT2D eigenvalue weighted by atomic mass is 9.83. The predicted octanol–water partition coefficient (Wildman–Crippen LogP) is 4.29. The first kappa shape index (κ1) is 24.1. The number of methoxy groups -OCH3 is 1. The van der Waals surface area contributed by atoms with Crippen molar-refractivity contribution < 1.29 is 14.5 Å². The van der Waals surface area contributed by atoms with Gasteiger partial charge in [0.05, 0.1) is 29.7 Å². The van der Waals surface area contributed by atoms with E-state index < -0.39 is 0 Å². The number of carbonyl (C=O) groups excluding carboxylic acids is 1. The van der Waals surface area contributed by atoms with Gasteiger partial charge in [0.25, 0.3) is 5.69 Å². The molecule has 2 unspecified atom stereocenters. The minimum Gasteiger partial charge on any atom is -0.495 e. The molecule has 182 valence electrons. The van der Waals surface area contributed by atoms with Crippen LogP contribution in [0.4, 0.5) is 17.1 Å². The molecule has 34 heavy (non-hydrogen) atoms. The fraction of sp³-hybridized carbons (Fsp3) is 0.480. The molecular weight excluding hydrogens is 456 g/mol. The molecule has 2 aromatic rings. The van der Waals surface area contributed by atoms with Crippen LogP contribution < -0.4 is 19.9 Å². The Bertz CT molecular complexity index is 1080. The van der Waals surface area contributed by atoms with E-state index in [0.29, 0.717) is 43.5 Å². The minimum absolute atomic E-state index is 0.00675. The molecule has 0 spiro atoms. The summed E-state index contributed by atoms with van der Waals surface area (Å²) in [6, 6.07) is 10.5. The molecule has 2 atom stereocenters. The number of anilines is 2. The molecule has 0 radical (unpaired) electrons. The topological polar surface area (TPSA) is 87.9 Å². The number of piperazine rings is 1. The molecule has 0 aliphatic carbocycles. The van der Waals surface area contributed by atoms with Gasteiger partial charge in [-0.1, -0.05) is 25.4 Å². The highest BCUT2D eigenvalue weighted by molar-refractivity contribution is 6.31. The highest BCUT2D eigenvalue weighted by Crippen LogP contribution is 2.40. The second-order valence-electron chi connectivity index (χ2n) is 9.38. The molecule has 2 aliphatic heterocycles. The smallest absolute Gasteiger partial charge is 0.269 e. The summed E-state index contributed by atoms with van der Waals surface area (Å²) in [5.74, 6) is 0.900. The van der Waals surface area contributed by atoms with Crippen molar-refractivity contribution in [1.29, 1.82) is 0 Å². The number of ether oxygens (including phenoxy) is 1. The molecule has 1 fully saturated rings. The fourth-order valence-corrected chi connectivity index (χ4v) is 5.13. The summed E-state index contributed by atoms with van der Waals surface area (Å²) in [6.45, 7) is 6.89. The molecule has 0 bridgehead atoms. The molecule has 0 aromatic heterocycles. The van der Waals surface area contributed by atoms with Crippen LogP contribution in [0.1, 0.15) is 25.8 Å². The first-order chi connectivity index (χ1) is 16.3. The molecule has 1 N–H and O–H groups in total. The number of nitrogens with one attached hydrogen (secondary N) is 1. The van der Waals surface area contributed by atoms with Gasteiger partial charge in [-0.3, -0.25) is 14.9 Å². The van der Waals surface area contributed by atoms with Crippen LogP contribution in [0, 0.1) is 22.0 Å². The van der Waals surface area contributed by atoms with E-state index >= 15 is 0 Å². The maximum atomic E-state index is 13.3. The maximum absolute atomic E-state index is 13.3. The third kappa shape index (κ3) is 4.92. The average Bonchev–Trinajstić information content (AvgIpc) is 2.82. The number of nitrogens with zero attached hydrogens (tertiary/aromatic N) is 3. The Balaban J connectivity index is 1.66. The number of hydrogen-bond donors (Lipinski definition) is 1. The Kier molecular flexibility index (Phi) is 7.16. The quantitative estimate of drug-likeness (QED) is 0.464. The first-order valence-corrected chi connectivity index (χ1v) is 12.1. The van der Waals surface area contributed by atoms with Crippen LogP contribution in [-0.4, -0.2) is 50.2 Å². The number of nitro benzene ring substituents is 1. The molecule has 2 aromatic carbocycles. The number of rotatable bonds is 7. The lowest BCUT2D eigenvalue weighted by Crippen LogP contribution is -2.61. The average molecular weight is 487 g/mol. The normalized spacial score (nSPS) is 19.4. The van der Waals surface area contributed by atoms with Crippen molar-refractivity contribution in [1.82, 2.24) is 5.32 Å². The van der Waals surface area contributed by atoms with E-state index in [1.165, 1.54) is 0 Å². The standard InChI is InChI=1S/C25H31ClN4O4/c1-16(2)8-9-27-25(31)20-13-17-12-19(30(32)33)5-6-21(17)29-11-10-28(15-23(20)29)22-14-18(26)4-7-24(22)34-3/h4-7,12,14,16,20,23H,8-11,13,15H2,1-3H3,(H,27,31). The van der Waals surface area contributed by atoms with E-state index in [4.69, 9.17) is 16.3 Å². The van der Waals surface area contributed by atoms with E-state index in [1.54, 1.807) is 25.3 Å². The Morgan fingerprint density at radius 2 is 2.03 bits per heavy atom. The van der Waals surface area contributed by atoms with Crippen LogP contribution >= 0.6 is 11.6 Å². The van der Waals surface area contributed by atoms with Gasteiger partial charge < -0.3 is 19.9 Å². The molecule has 0 saturated carbocycles. The Hall–Kier alpha value is -3.00. The molecule has 8 nitrogen and oxygen atoms in total. The number of halogens is 1. The second kappa shape index (κ2) is 10.1. The molecule has 2 aliphatic rings. The zero-order chi connectivity index (χ0) is 24.4. The summed E-state index contributed by atoms with van der Waals surface area (Å²) in [5.41, 5.74) is 2.78. The van der Waals surface area contributed by atoms with Crippen molar-refractivity contribution >= 4 is 34.6 Å². The number of nitro groups is 1. The van der Waals surface area contributed by atoms with Gasteiger partial charge in [-0.15, -0.1) is 0 Å². The molecule has 4 rings (SSSR count). The summed E-state index contributed by atoms with van der Waals surface area (Å²) in [5, 5.41) is 15.1. The monoisotopic (exact) mass is 486 g/mol. The van der Waals surface area contributed by atoms with Gasteiger partial charge in [-0.25, -0.2) is 0 Å². The van der Waals surface area contributed by atoms with Crippen LogP contribution in [0.3, 0.4) is 0 Å². The van der Waals surface area contributed by atoms with Gasteiger partial charge in [-0.05, 0) is 48.6 Å². The van der Waals surface area contributed by atoms with Crippen molar-refractivity contribution in [3.8, 4) is 5.75 Å². The molecular formula is C25H31ClN4O4. The Morgan fingerprint density at radius 1 is 1.24 bits per heavy atom. The lowest BCUT2D eigenvalue weighted by Gasteiger charge is -2.49. The van der Waals surface area contributed by atoms with E-state index in [1.807, 2.05) is 18.2 Å². The first-order valence-electron chi connectivity index (χ1n) is 11.7. The number of amides is 1.